The summed E-state index contributed by atoms with van der Waals surface area (Å²) in [5.41, 5.74) is 0.300. The van der Waals surface area contributed by atoms with Gasteiger partial charge >= 0.3 is 5.97 Å². The molecule has 0 unspecified atom stereocenters. The van der Waals surface area contributed by atoms with Gasteiger partial charge in [-0.05, 0) is 30.3 Å². The third-order valence-corrected chi connectivity index (χ3v) is 3.24. The van der Waals surface area contributed by atoms with Gasteiger partial charge in [0, 0.05) is 5.56 Å². The van der Waals surface area contributed by atoms with Gasteiger partial charge in [-0.1, -0.05) is 18.2 Å². The van der Waals surface area contributed by atoms with Crippen LogP contribution in [0.1, 0.15) is 10.4 Å². The number of anilines is 1. The molecule has 0 atom stereocenters. The van der Waals surface area contributed by atoms with Gasteiger partial charge in [-0.25, -0.2) is 4.39 Å². The molecule has 0 aliphatic carbocycles. The molecule has 0 bridgehead atoms. The fourth-order valence-corrected chi connectivity index (χ4v) is 1.96. The normalized spacial score (nSPS) is 9.92. The third kappa shape index (κ3) is 5.59. The van der Waals surface area contributed by atoms with E-state index in [0.29, 0.717) is 11.3 Å². The average Bonchev–Trinajstić information content (AvgIpc) is 2.66. The van der Waals surface area contributed by atoms with E-state index in [0.717, 1.165) is 0 Å². The van der Waals surface area contributed by atoms with Crippen molar-refractivity contribution in [3.8, 4) is 5.75 Å². The third-order valence-electron chi connectivity index (χ3n) is 3.24. The van der Waals surface area contributed by atoms with E-state index in [9.17, 15) is 18.8 Å². The van der Waals surface area contributed by atoms with E-state index in [1.54, 1.807) is 24.3 Å². The van der Waals surface area contributed by atoms with Crippen molar-refractivity contribution >= 4 is 23.5 Å². The van der Waals surface area contributed by atoms with E-state index in [4.69, 9.17) is 9.47 Å². The van der Waals surface area contributed by atoms with Crippen molar-refractivity contribution in [1.29, 1.82) is 0 Å². The van der Waals surface area contributed by atoms with Gasteiger partial charge in [-0.15, -0.1) is 0 Å². The molecule has 2 amide bonds. The fourth-order valence-electron chi connectivity index (χ4n) is 1.96. The molecule has 0 heterocycles. The smallest absolute Gasteiger partial charge is 0.325 e. The van der Waals surface area contributed by atoms with Gasteiger partial charge in [0.05, 0.1) is 12.8 Å². The summed E-state index contributed by atoms with van der Waals surface area (Å²) >= 11 is 0. The maximum atomic E-state index is 13.4. The highest BCUT2D eigenvalue weighted by molar-refractivity contribution is 5.97. The van der Waals surface area contributed by atoms with Crippen molar-refractivity contribution in [2.24, 2.45) is 0 Å². The lowest BCUT2D eigenvalue weighted by Gasteiger charge is -2.08. The molecule has 2 N–H and O–H groups in total. The second-order valence-corrected chi connectivity index (χ2v) is 5.10. The number of carbonyl (C=O) groups is 3. The number of esters is 1. The number of amides is 2. The lowest BCUT2D eigenvalue weighted by molar-refractivity contribution is -0.146. The number of nitrogens with one attached hydrogen (secondary N) is 2. The Bertz CT molecular complexity index is 810. The van der Waals surface area contributed by atoms with Crippen molar-refractivity contribution < 1.29 is 28.2 Å². The second-order valence-electron chi connectivity index (χ2n) is 5.10. The predicted octanol–water partition coefficient (Wildman–Crippen LogP) is 1.75. The number of para-hydroxylation sites is 1. The highest BCUT2D eigenvalue weighted by Gasteiger charge is 2.12. The zero-order valence-corrected chi connectivity index (χ0v) is 14.0. The molecular weight excluding hydrogens is 343 g/mol. The Kier molecular flexibility index (Phi) is 6.67. The summed E-state index contributed by atoms with van der Waals surface area (Å²) in [7, 11) is 1.47. The molecule has 0 saturated carbocycles. The number of methoxy groups -OCH3 is 1. The molecule has 0 aliphatic heterocycles. The molecule has 7 nitrogen and oxygen atoms in total. The lowest BCUT2D eigenvalue weighted by atomic mass is 10.2. The highest BCUT2D eigenvalue weighted by Crippen LogP contribution is 2.13. The Balaban J connectivity index is 1.75. The molecule has 8 heteroatoms. The zero-order chi connectivity index (χ0) is 18.9. The molecule has 136 valence electrons. The van der Waals surface area contributed by atoms with Crippen molar-refractivity contribution in [3.63, 3.8) is 0 Å². The van der Waals surface area contributed by atoms with Crippen LogP contribution in [0.15, 0.2) is 48.5 Å². The van der Waals surface area contributed by atoms with Gasteiger partial charge in [0.15, 0.2) is 6.61 Å². The van der Waals surface area contributed by atoms with Crippen LogP contribution in [0.3, 0.4) is 0 Å². The van der Waals surface area contributed by atoms with E-state index in [1.165, 1.54) is 31.4 Å². The number of rotatable bonds is 7. The summed E-state index contributed by atoms with van der Waals surface area (Å²) in [6.45, 7) is -1.01. The Morgan fingerprint density at radius 1 is 1.08 bits per heavy atom. The number of carbonyl (C=O) groups excluding carboxylic acids is 3. The van der Waals surface area contributed by atoms with Crippen LogP contribution >= 0.6 is 0 Å². The van der Waals surface area contributed by atoms with E-state index in [-0.39, 0.29) is 5.69 Å². The molecule has 0 radical (unpaired) electrons. The highest BCUT2D eigenvalue weighted by atomic mass is 19.1. The summed E-state index contributed by atoms with van der Waals surface area (Å²) in [6.07, 6.45) is 0. The Morgan fingerprint density at radius 2 is 1.85 bits per heavy atom. The van der Waals surface area contributed by atoms with Gasteiger partial charge in [0.2, 0.25) is 0 Å². The first-order valence-electron chi connectivity index (χ1n) is 7.62. The van der Waals surface area contributed by atoms with E-state index < -0.39 is 36.8 Å². The lowest BCUT2D eigenvalue weighted by Crippen LogP contribution is -2.32. The maximum absolute atomic E-state index is 13.4. The molecule has 0 aliphatic rings. The van der Waals surface area contributed by atoms with Crippen LogP contribution < -0.4 is 15.4 Å². The van der Waals surface area contributed by atoms with Crippen LogP contribution in [0.4, 0.5) is 10.1 Å². The van der Waals surface area contributed by atoms with Gasteiger partial charge in [-0.2, -0.15) is 0 Å². The van der Waals surface area contributed by atoms with Crippen LogP contribution in [0.2, 0.25) is 0 Å². The van der Waals surface area contributed by atoms with Crippen molar-refractivity contribution in [1.82, 2.24) is 5.32 Å². The van der Waals surface area contributed by atoms with Gasteiger partial charge in [-0.3, -0.25) is 14.4 Å². The maximum Gasteiger partial charge on any atom is 0.325 e. The molecule has 26 heavy (non-hydrogen) atoms. The number of hydrogen-bond acceptors (Lipinski definition) is 5. The molecule has 0 saturated heterocycles. The van der Waals surface area contributed by atoms with Crippen molar-refractivity contribution in [3.05, 3.63) is 59.9 Å². The topological polar surface area (TPSA) is 93.7 Å². The molecular formula is C18H17FN2O5. The molecule has 2 rings (SSSR count). The predicted molar refractivity (Wildman–Crippen MR) is 91.3 cm³/mol. The molecule has 0 fully saturated rings. The number of hydrogen-bond donors (Lipinski definition) is 2. The average molecular weight is 360 g/mol. The van der Waals surface area contributed by atoms with E-state index in [2.05, 4.69) is 10.6 Å². The first kappa shape index (κ1) is 18.9. The summed E-state index contributed by atoms with van der Waals surface area (Å²) in [4.78, 5) is 35.2. The zero-order valence-electron chi connectivity index (χ0n) is 14.0. The fraction of sp³-hybridized carbons (Fsp3) is 0.167. The first-order valence-corrected chi connectivity index (χ1v) is 7.62. The van der Waals surface area contributed by atoms with Crippen molar-refractivity contribution in [2.75, 3.05) is 25.6 Å². The van der Waals surface area contributed by atoms with Crippen molar-refractivity contribution in [2.45, 2.75) is 0 Å². The largest absolute Gasteiger partial charge is 0.497 e. The summed E-state index contributed by atoms with van der Waals surface area (Å²) in [6, 6.07) is 12.0. The number of halogens is 1. The number of ether oxygens (including phenoxy) is 2. The van der Waals surface area contributed by atoms with Crippen LogP contribution in [0, 0.1) is 5.82 Å². The SMILES string of the molecule is COc1cccc(C(=O)NCC(=O)OCC(=O)Nc2ccccc2F)c1. The minimum atomic E-state index is -0.801. The minimum absolute atomic E-state index is 0.0140. The van der Waals surface area contributed by atoms with Crippen LogP contribution in [0.25, 0.3) is 0 Å². The summed E-state index contributed by atoms with van der Waals surface area (Å²) in [5, 5.41) is 4.65. The monoisotopic (exact) mass is 360 g/mol. The quantitative estimate of drug-likeness (QED) is 0.734. The van der Waals surface area contributed by atoms with Crippen LogP contribution in [0.5, 0.6) is 5.75 Å². The summed E-state index contributed by atoms with van der Waals surface area (Å²) in [5.74, 6) is -2.08. The Hall–Kier alpha value is -3.42. The van der Waals surface area contributed by atoms with Crippen LogP contribution in [-0.2, 0) is 14.3 Å². The minimum Gasteiger partial charge on any atom is -0.497 e. The molecule has 0 aromatic heterocycles. The van der Waals surface area contributed by atoms with Gasteiger partial charge < -0.3 is 20.1 Å². The molecule has 2 aromatic rings. The van der Waals surface area contributed by atoms with Gasteiger partial charge in [0.1, 0.15) is 18.1 Å². The first-order chi connectivity index (χ1) is 12.5. The second kappa shape index (κ2) is 9.16. The van der Waals surface area contributed by atoms with Crippen LogP contribution in [-0.4, -0.2) is 38.0 Å². The summed E-state index contributed by atoms with van der Waals surface area (Å²) < 4.78 is 23.1. The molecule has 0 spiro atoms. The standard InChI is InChI=1S/C18H17FN2O5/c1-25-13-6-4-5-12(9-13)18(24)20-10-17(23)26-11-16(22)21-15-8-3-2-7-14(15)19/h2-9H,10-11H2,1H3,(H,20,24)(H,21,22). The molecule has 2 aromatic carbocycles. The van der Waals surface area contributed by atoms with Gasteiger partial charge in [0.25, 0.3) is 11.8 Å². The van der Waals surface area contributed by atoms with E-state index in [1.807, 2.05) is 0 Å². The number of benzene rings is 2. The Morgan fingerprint density at radius 3 is 2.58 bits per heavy atom. The van der Waals surface area contributed by atoms with E-state index >= 15 is 0 Å². The Labute approximate surface area is 149 Å².